The van der Waals surface area contributed by atoms with Gasteiger partial charge in [-0.2, -0.15) is 0 Å². The van der Waals surface area contributed by atoms with Gasteiger partial charge in [0.1, 0.15) is 46.7 Å². The number of fused-ring (bicyclic) bond motifs is 5. The number of benzene rings is 1. The van der Waals surface area contributed by atoms with E-state index in [0.29, 0.717) is 30.5 Å². The number of hydrogen-bond donors (Lipinski definition) is 6. The molecule has 6 bridgehead atoms. The van der Waals surface area contributed by atoms with Crippen LogP contribution in [-0.4, -0.2) is 90.5 Å². The first-order valence-corrected chi connectivity index (χ1v) is 21.4. The number of nitrogens with one attached hydrogen (secondary N) is 1. The van der Waals surface area contributed by atoms with Gasteiger partial charge in [0.05, 0.1) is 24.0 Å². The highest BCUT2D eigenvalue weighted by molar-refractivity contribution is 8.76. The van der Waals surface area contributed by atoms with Crippen molar-refractivity contribution in [2.45, 2.75) is 106 Å². The molecule has 2 aliphatic heterocycles. The third-order valence-corrected chi connectivity index (χ3v) is 15.0. The molecule has 2 spiro atoms. The molecule has 284 valence electrons. The molecule has 1 saturated heterocycles. The van der Waals surface area contributed by atoms with Crippen LogP contribution >= 0.6 is 21.6 Å². The molecule has 8 rings (SSSR count). The summed E-state index contributed by atoms with van der Waals surface area (Å²) in [4.78, 5) is 34.2. The lowest BCUT2D eigenvalue weighted by Gasteiger charge is -2.51. The Bertz CT molecular complexity index is 1810. The number of hydrogen-bond acceptors (Lipinski definition) is 13. The van der Waals surface area contributed by atoms with E-state index in [0.717, 1.165) is 56.1 Å². The van der Waals surface area contributed by atoms with E-state index in [2.05, 4.69) is 10.3 Å². The van der Waals surface area contributed by atoms with Gasteiger partial charge in [-0.1, -0.05) is 84.7 Å². The van der Waals surface area contributed by atoms with Crippen molar-refractivity contribution in [3.05, 3.63) is 76.7 Å². The minimum absolute atomic E-state index is 0.0416. The Labute approximate surface area is 317 Å². The van der Waals surface area contributed by atoms with Crippen LogP contribution in [0.1, 0.15) is 96.9 Å². The largest absolute Gasteiger partial charge is 0.511 e. The Morgan fingerprint density at radius 2 is 1.79 bits per heavy atom. The quantitative estimate of drug-likeness (QED) is 0.212. The Morgan fingerprint density at radius 3 is 2.57 bits per heavy atom. The summed E-state index contributed by atoms with van der Waals surface area (Å²) in [5.41, 5.74) is -2.58. The van der Waals surface area contributed by atoms with Gasteiger partial charge in [-0.15, -0.1) is 0 Å². The maximum atomic E-state index is 15.0. The molecule has 6 N–H and O–H groups in total. The van der Waals surface area contributed by atoms with E-state index in [1.807, 2.05) is 18.2 Å². The predicted octanol–water partition coefficient (Wildman–Crippen LogP) is 5.63. The molecule has 53 heavy (non-hydrogen) atoms. The number of aromatic nitrogens is 1. The van der Waals surface area contributed by atoms with E-state index in [9.17, 15) is 30.3 Å². The predicted molar refractivity (Wildman–Crippen MR) is 202 cm³/mol. The molecule has 1 aromatic heterocycles. The molecule has 3 fully saturated rings. The van der Waals surface area contributed by atoms with Crippen molar-refractivity contribution in [3.8, 4) is 5.75 Å². The summed E-state index contributed by atoms with van der Waals surface area (Å²) < 4.78 is 12.2. The number of allylic oxidation sites excluding steroid dienone is 4. The molecule has 2 aromatic rings. The first-order chi connectivity index (χ1) is 25.6. The van der Waals surface area contributed by atoms with Gasteiger partial charge in [0, 0.05) is 17.5 Å². The molecule has 0 amide bonds. The van der Waals surface area contributed by atoms with Crippen LogP contribution in [0.4, 0.5) is 5.82 Å². The van der Waals surface area contributed by atoms with Gasteiger partial charge in [0.25, 0.3) is 0 Å². The average molecular weight is 765 g/mol. The van der Waals surface area contributed by atoms with Crippen molar-refractivity contribution in [2.75, 3.05) is 23.6 Å². The van der Waals surface area contributed by atoms with E-state index < -0.39 is 59.3 Å². The molecule has 2 saturated carbocycles. The number of pyridine rings is 1. The standard InChI is InChI=1S/C40H48N2O9S2/c43-19-29-34(46)40(49)20-38(12-4-5-13-38)25-11-14-41-31(18-25)42-22-53-52-21-39-27(16-24(17-30(39)44)15-23-7-2-1-3-8-23)33(45)26-9-6-10-28(32(26)35(39)47)50-37(51-29)36(40)48/h6,9-11,14,16-18,23,27,29,34,36-37,43-44,46,48-49H,1-5,7-8,12-13,15,19-22H2,(H,41,42). The summed E-state index contributed by atoms with van der Waals surface area (Å²) in [7, 11) is 2.84. The maximum absolute atomic E-state index is 15.0. The van der Waals surface area contributed by atoms with Gasteiger partial charge in [-0.05, 0) is 72.4 Å². The summed E-state index contributed by atoms with van der Waals surface area (Å²) in [5.74, 6) is -0.409. The number of ketones is 2. The maximum Gasteiger partial charge on any atom is 0.229 e. The third kappa shape index (κ3) is 6.33. The third-order valence-electron chi connectivity index (χ3n) is 12.7. The zero-order chi connectivity index (χ0) is 37.0. The zero-order valence-electron chi connectivity index (χ0n) is 29.6. The fraction of sp³-hybridized carbons (Fsp3) is 0.575. The van der Waals surface area contributed by atoms with Crippen LogP contribution in [-0.2, 0) is 10.2 Å². The normalized spacial score (nSPS) is 34.5. The SMILES string of the molecule is O=C1c2cccc3c2C(=O)C2(CSSCNc4cc(ccn4)C4(CCCC4)CC4(O)C(O)C(CO)OC(O3)C4O)C(O)=CC(CC3CCCCC3)=CC12. The monoisotopic (exact) mass is 764 g/mol. The van der Waals surface area contributed by atoms with Crippen LogP contribution in [0.15, 0.2) is 60.0 Å². The van der Waals surface area contributed by atoms with Gasteiger partial charge in [0.2, 0.25) is 6.29 Å². The van der Waals surface area contributed by atoms with Crippen LogP contribution < -0.4 is 10.1 Å². The smallest absolute Gasteiger partial charge is 0.229 e. The topological polar surface area (TPSA) is 179 Å². The molecule has 1 aromatic carbocycles. The number of anilines is 1. The van der Waals surface area contributed by atoms with Gasteiger partial charge in [-0.3, -0.25) is 9.59 Å². The van der Waals surface area contributed by atoms with Crippen molar-refractivity contribution >= 4 is 39.0 Å². The highest BCUT2D eigenvalue weighted by atomic mass is 33.1. The zero-order valence-corrected chi connectivity index (χ0v) is 31.2. The molecule has 7 unspecified atom stereocenters. The second kappa shape index (κ2) is 14.6. The van der Waals surface area contributed by atoms with Crippen LogP contribution in [0.25, 0.3) is 0 Å². The molecular weight excluding hydrogens is 717 g/mol. The number of ether oxygens (including phenoxy) is 2. The number of aliphatic hydroxyl groups is 5. The summed E-state index contributed by atoms with van der Waals surface area (Å²) in [6.07, 6.45) is 8.35. The summed E-state index contributed by atoms with van der Waals surface area (Å²) >= 11 is 0. The molecule has 13 heteroatoms. The van der Waals surface area contributed by atoms with E-state index in [-0.39, 0.29) is 40.6 Å². The second-order valence-corrected chi connectivity index (χ2v) is 18.3. The number of Topliss-reactive ketones (excluding diaryl/α,β-unsaturated/α-hetero) is 2. The number of carbonyl (C=O) groups is 2. The van der Waals surface area contributed by atoms with E-state index in [1.165, 1.54) is 34.1 Å². The lowest BCUT2D eigenvalue weighted by molar-refractivity contribution is -0.318. The Morgan fingerprint density at radius 1 is 1.00 bits per heavy atom. The van der Waals surface area contributed by atoms with Gasteiger partial charge < -0.3 is 40.3 Å². The van der Waals surface area contributed by atoms with Crippen molar-refractivity contribution in [3.63, 3.8) is 0 Å². The number of rotatable bonds is 3. The summed E-state index contributed by atoms with van der Waals surface area (Å²) in [6, 6.07) is 8.51. The lowest BCUT2D eigenvalue weighted by atomic mass is 9.60. The van der Waals surface area contributed by atoms with Crippen molar-refractivity contribution in [1.82, 2.24) is 4.98 Å². The molecule has 4 aliphatic carbocycles. The van der Waals surface area contributed by atoms with Crippen molar-refractivity contribution in [2.24, 2.45) is 17.3 Å². The molecule has 11 nitrogen and oxygen atoms in total. The fourth-order valence-electron chi connectivity index (χ4n) is 9.89. The van der Waals surface area contributed by atoms with Crippen LogP contribution in [0.5, 0.6) is 5.75 Å². The average Bonchev–Trinajstić information content (AvgIpc) is 3.64. The first kappa shape index (κ1) is 37.0. The molecule has 7 atom stereocenters. The second-order valence-electron chi connectivity index (χ2n) is 15.8. The number of aliphatic hydroxyl groups excluding tert-OH is 4. The molecule has 6 aliphatic rings. The van der Waals surface area contributed by atoms with Gasteiger partial charge >= 0.3 is 0 Å². The van der Waals surface area contributed by atoms with Gasteiger partial charge in [-0.25, -0.2) is 4.98 Å². The van der Waals surface area contributed by atoms with Crippen LogP contribution in [0, 0.1) is 17.3 Å². The minimum atomic E-state index is -2.19. The van der Waals surface area contributed by atoms with Crippen molar-refractivity contribution < 1.29 is 44.6 Å². The van der Waals surface area contributed by atoms with Crippen molar-refractivity contribution in [1.29, 1.82) is 0 Å². The van der Waals surface area contributed by atoms with Crippen LogP contribution in [0.3, 0.4) is 0 Å². The summed E-state index contributed by atoms with van der Waals surface area (Å²) in [5, 5.41) is 61.5. The lowest BCUT2D eigenvalue weighted by Crippen LogP contribution is -2.69. The van der Waals surface area contributed by atoms with Crippen LogP contribution in [0.2, 0.25) is 0 Å². The summed E-state index contributed by atoms with van der Waals surface area (Å²) in [6.45, 7) is -0.676. The first-order valence-electron chi connectivity index (χ1n) is 18.9. The fourth-order valence-corrected chi connectivity index (χ4v) is 12.1. The van der Waals surface area contributed by atoms with E-state index in [1.54, 1.807) is 24.4 Å². The highest BCUT2D eigenvalue weighted by Gasteiger charge is 2.61. The Hall–Kier alpha value is -2.91. The minimum Gasteiger partial charge on any atom is -0.511 e. The number of nitrogens with zero attached hydrogens (tertiary/aromatic N) is 1. The molecule has 3 heterocycles. The molecule has 0 radical (unpaired) electrons. The number of carbonyl (C=O) groups excluding carboxylic acids is 2. The highest BCUT2D eigenvalue weighted by Crippen LogP contribution is 2.54. The Kier molecular flexibility index (Phi) is 10.2. The Balaban J connectivity index is 1.23. The van der Waals surface area contributed by atoms with Gasteiger partial charge in [0.15, 0.2) is 11.6 Å². The van der Waals surface area contributed by atoms with E-state index >= 15 is 4.79 Å². The molecular formula is C40H48N2O9S2. The van der Waals surface area contributed by atoms with E-state index in [4.69, 9.17) is 9.47 Å².